The molecular weight excluding hydrogens is 166 g/mol. The molecule has 2 unspecified atom stereocenters. The van der Waals surface area contributed by atoms with Crippen LogP contribution in [0.2, 0.25) is 0 Å². The summed E-state index contributed by atoms with van der Waals surface area (Å²) in [6.07, 6.45) is 5.63. The minimum atomic E-state index is -0.659. The van der Waals surface area contributed by atoms with Crippen LogP contribution in [0.5, 0.6) is 0 Å². The minimum absolute atomic E-state index is 0.0157. The molecule has 3 nitrogen and oxygen atoms in total. The number of hydrogen-bond donors (Lipinski definition) is 2. The van der Waals surface area contributed by atoms with Gasteiger partial charge in [-0.15, -0.1) is 0 Å². The van der Waals surface area contributed by atoms with Crippen molar-refractivity contribution in [1.82, 2.24) is 5.32 Å². The molecule has 0 saturated heterocycles. The molecule has 0 aliphatic heterocycles. The van der Waals surface area contributed by atoms with Gasteiger partial charge in [0.05, 0.1) is 12.1 Å². The predicted molar refractivity (Wildman–Crippen MR) is 52.5 cm³/mol. The third kappa shape index (κ3) is 3.63. The van der Waals surface area contributed by atoms with Crippen molar-refractivity contribution in [3.8, 4) is 0 Å². The molecule has 0 radical (unpaired) electrons. The van der Waals surface area contributed by atoms with E-state index in [1.165, 1.54) is 19.3 Å². The maximum Gasteiger partial charge on any atom is 0.170 e. The number of nitrogens with one attached hydrogen (secondary N) is 1. The molecule has 0 spiro atoms. The Hall–Kier alpha value is -0.120. The molecule has 1 saturated carbocycles. The minimum Gasteiger partial charge on any atom is -0.367 e. The number of aliphatic hydroxyl groups is 1. The van der Waals surface area contributed by atoms with Gasteiger partial charge in [-0.3, -0.25) is 0 Å². The van der Waals surface area contributed by atoms with Crippen LogP contribution >= 0.6 is 0 Å². The predicted octanol–water partition coefficient (Wildman–Crippen LogP) is 1.26. The van der Waals surface area contributed by atoms with Gasteiger partial charge in [0.2, 0.25) is 0 Å². The molecule has 0 aromatic carbocycles. The fourth-order valence-electron chi connectivity index (χ4n) is 1.66. The Morgan fingerprint density at radius 2 is 1.92 bits per heavy atom. The van der Waals surface area contributed by atoms with Crippen molar-refractivity contribution in [2.75, 3.05) is 7.05 Å². The van der Waals surface area contributed by atoms with Crippen LogP contribution in [-0.4, -0.2) is 30.6 Å². The van der Waals surface area contributed by atoms with Crippen LogP contribution < -0.4 is 5.32 Å². The Balaban J connectivity index is 2.21. The highest BCUT2D eigenvalue weighted by Gasteiger charge is 2.20. The summed E-state index contributed by atoms with van der Waals surface area (Å²) in [5.74, 6) is 0. The molecule has 3 heteroatoms. The average Bonchev–Trinajstić information content (AvgIpc) is 2.18. The van der Waals surface area contributed by atoms with Gasteiger partial charge in [-0.1, -0.05) is 19.3 Å². The van der Waals surface area contributed by atoms with E-state index < -0.39 is 6.29 Å². The number of rotatable bonds is 4. The molecule has 0 aromatic rings. The Morgan fingerprint density at radius 1 is 1.31 bits per heavy atom. The fraction of sp³-hybridized carbons (Fsp3) is 1.00. The summed E-state index contributed by atoms with van der Waals surface area (Å²) in [5, 5.41) is 12.6. The Bertz CT molecular complexity index is 135. The molecule has 2 N–H and O–H groups in total. The summed E-state index contributed by atoms with van der Waals surface area (Å²) in [7, 11) is 1.83. The van der Waals surface area contributed by atoms with Crippen LogP contribution in [0, 0.1) is 0 Å². The van der Waals surface area contributed by atoms with E-state index in [0.717, 1.165) is 12.8 Å². The Morgan fingerprint density at radius 3 is 2.46 bits per heavy atom. The highest BCUT2D eigenvalue weighted by molar-refractivity contribution is 4.68. The van der Waals surface area contributed by atoms with Gasteiger partial charge in [-0.05, 0) is 26.8 Å². The van der Waals surface area contributed by atoms with E-state index in [9.17, 15) is 5.11 Å². The summed E-state index contributed by atoms with van der Waals surface area (Å²) in [5.41, 5.74) is 0. The number of ether oxygens (including phenoxy) is 1. The topological polar surface area (TPSA) is 41.5 Å². The fourth-order valence-corrected chi connectivity index (χ4v) is 1.66. The lowest BCUT2D eigenvalue weighted by atomic mass is 9.98. The third-order valence-corrected chi connectivity index (χ3v) is 2.77. The van der Waals surface area contributed by atoms with E-state index >= 15 is 0 Å². The first-order chi connectivity index (χ1) is 6.24. The van der Waals surface area contributed by atoms with Gasteiger partial charge in [0, 0.05) is 0 Å². The molecule has 1 rings (SSSR count). The van der Waals surface area contributed by atoms with E-state index in [4.69, 9.17) is 4.74 Å². The van der Waals surface area contributed by atoms with Gasteiger partial charge in [-0.25, -0.2) is 0 Å². The number of hydrogen-bond acceptors (Lipinski definition) is 3. The lowest BCUT2D eigenvalue weighted by molar-refractivity contribution is -0.156. The zero-order valence-electron chi connectivity index (χ0n) is 8.62. The van der Waals surface area contributed by atoms with Gasteiger partial charge in [0.1, 0.15) is 0 Å². The quantitative estimate of drug-likeness (QED) is 0.651. The molecule has 13 heavy (non-hydrogen) atoms. The first kappa shape index (κ1) is 11.0. The van der Waals surface area contributed by atoms with E-state index in [2.05, 4.69) is 5.32 Å². The van der Waals surface area contributed by atoms with Gasteiger partial charge in [-0.2, -0.15) is 0 Å². The molecule has 0 amide bonds. The van der Waals surface area contributed by atoms with Crippen LogP contribution in [0.25, 0.3) is 0 Å². The number of likely N-dealkylation sites (N-methyl/N-ethyl adjacent to an activating group) is 1. The largest absolute Gasteiger partial charge is 0.367 e. The molecule has 0 bridgehead atoms. The van der Waals surface area contributed by atoms with E-state index in [1.54, 1.807) is 0 Å². The van der Waals surface area contributed by atoms with E-state index in [-0.39, 0.29) is 12.1 Å². The van der Waals surface area contributed by atoms with Crippen LogP contribution in [-0.2, 0) is 4.74 Å². The second-order valence-electron chi connectivity index (χ2n) is 3.86. The Labute approximate surface area is 80.5 Å². The summed E-state index contributed by atoms with van der Waals surface area (Å²) < 4.78 is 5.54. The molecule has 1 aliphatic rings. The summed E-state index contributed by atoms with van der Waals surface area (Å²) >= 11 is 0. The van der Waals surface area contributed by atoms with Crippen LogP contribution in [0.1, 0.15) is 39.0 Å². The van der Waals surface area contributed by atoms with Crippen molar-refractivity contribution < 1.29 is 9.84 Å². The maximum atomic E-state index is 9.59. The van der Waals surface area contributed by atoms with Crippen LogP contribution in [0.3, 0.4) is 0 Å². The average molecular weight is 187 g/mol. The Kier molecular flexibility index (Phi) is 4.70. The standard InChI is InChI=1S/C10H21NO2/c1-8(11-2)10(12)13-9-6-4-3-5-7-9/h8-12H,3-7H2,1-2H3. The summed E-state index contributed by atoms with van der Waals surface area (Å²) in [6, 6.07) is 0.0157. The first-order valence-electron chi connectivity index (χ1n) is 5.25. The molecule has 78 valence electrons. The third-order valence-electron chi connectivity index (χ3n) is 2.77. The van der Waals surface area contributed by atoms with E-state index in [1.807, 2.05) is 14.0 Å². The monoisotopic (exact) mass is 187 g/mol. The van der Waals surface area contributed by atoms with Gasteiger partial charge in [0.25, 0.3) is 0 Å². The van der Waals surface area contributed by atoms with Crippen molar-refractivity contribution in [3.63, 3.8) is 0 Å². The van der Waals surface area contributed by atoms with Crippen molar-refractivity contribution >= 4 is 0 Å². The molecule has 0 aromatic heterocycles. The van der Waals surface area contributed by atoms with Crippen molar-refractivity contribution in [2.24, 2.45) is 0 Å². The molecule has 0 heterocycles. The van der Waals surface area contributed by atoms with Crippen LogP contribution in [0.15, 0.2) is 0 Å². The first-order valence-corrected chi connectivity index (χ1v) is 5.25. The molecule has 2 atom stereocenters. The molecule has 1 fully saturated rings. The van der Waals surface area contributed by atoms with Gasteiger partial charge in [0.15, 0.2) is 6.29 Å². The van der Waals surface area contributed by atoms with E-state index in [0.29, 0.717) is 0 Å². The van der Waals surface area contributed by atoms with Crippen molar-refractivity contribution in [1.29, 1.82) is 0 Å². The second-order valence-corrected chi connectivity index (χ2v) is 3.86. The SMILES string of the molecule is CNC(C)C(O)OC1CCCCC1. The lowest BCUT2D eigenvalue weighted by Gasteiger charge is -2.27. The van der Waals surface area contributed by atoms with Crippen molar-refractivity contribution in [2.45, 2.75) is 57.5 Å². The summed E-state index contributed by atoms with van der Waals surface area (Å²) in [6.45, 7) is 1.92. The zero-order valence-corrected chi connectivity index (χ0v) is 8.62. The highest BCUT2D eigenvalue weighted by Crippen LogP contribution is 2.21. The smallest absolute Gasteiger partial charge is 0.170 e. The second kappa shape index (κ2) is 5.58. The van der Waals surface area contributed by atoms with Crippen molar-refractivity contribution in [3.05, 3.63) is 0 Å². The number of aliphatic hydroxyl groups excluding tert-OH is 1. The lowest BCUT2D eigenvalue weighted by Crippen LogP contribution is -2.39. The van der Waals surface area contributed by atoms with Gasteiger partial charge < -0.3 is 15.2 Å². The molecular formula is C10H21NO2. The maximum absolute atomic E-state index is 9.59. The zero-order chi connectivity index (χ0) is 9.68. The highest BCUT2D eigenvalue weighted by atomic mass is 16.6. The van der Waals surface area contributed by atoms with Crippen LogP contribution in [0.4, 0.5) is 0 Å². The van der Waals surface area contributed by atoms with Gasteiger partial charge >= 0.3 is 0 Å². The normalized spacial score (nSPS) is 24.2. The molecule has 1 aliphatic carbocycles. The summed E-state index contributed by atoms with van der Waals surface area (Å²) in [4.78, 5) is 0.